The van der Waals surface area contributed by atoms with Gasteiger partial charge >= 0.3 is 0 Å². The molecule has 0 spiro atoms. The average molecular weight is 275 g/mol. The number of H-pyrrole nitrogens is 1. The molecule has 0 aromatic carbocycles. The van der Waals surface area contributed by atoms with E-state index in [1.54, 1.807) is 0 Å². The summed E-state index contributed by atoms with van der Waals surface area (Å²) in [6.45, 7) is 1.83. The Kier molecular flexibility index (Phi) is 2.47. The molecule has 0 saturated heterocycles. The van der Waals surface area contributed by atoms with Gasteiger partial charge in [0.05, 0.1) is 10.2 Å². The van der Waals surface area contributed by atoms with E-state index in [-0.39, 0.29) is 0 Å². The standard InChI is InChI=1S/C7H5BrClN5/c1-3-4(8)5(9)13-7(12-3)6-10-2-11-14-6/h2H,1H3,(H,10,11,14). The summed E-state index contributed by atoms with van der Waals surface area (Å²) in [4.78, 5) is 12.2. The SMILES string of the molecule is Cc1nc(-c2ncn[nH]2)nc(Cl)c1Br. The number of halogens is 2. The second-order valence-corrected chi connectivity index (χ2v) is 3.72. The fourth-order valence-corrected chi connectivity index (χ4v) is 1.34. The Labute approximate surface area is 93.1 Å². The molecule has 2 aromatic rings. The minimum absolute atomic E-state index is 0.365. The van der Waals surface area contributed by atoms with Crippen LogP contribution in [0.1, 0.15) is 5.69 Å². The molecule has 0 unspecified atom stereocenters. The normalized spacial score (nSPS) is 10.5. The average Bonchev–Trinajstić information content (AvgIpc) is 2.66. The van der Waals surface area contributed by atoms with Crippen molar-refractivity contribution in [1.29, 1.82) is 0 Å². The lowest BCUT2D eigenvalue weighted by molar-refractivity contribution is 1.03. The van der Waals surface area contributed by atoms with E-state index in [0.29, 0.717) is 21.3 Å². The number of nitrogens with one attached hydrogen (secondary N) is 1. The topological polar surface area (TPSA) is 67.3 Å². The molecule has 0 radical (unpaired) electrons. The fourth-order valence-electron chi connectivity index (χ4n) is 0.943. The lowest BCUT2D eigenvalue weighted by Crippen LogP contribution is -1.95. The molecule has 2 rings (SSSR count). The lowest BCUT2D eigenvalue weighted by atomic mass is 10.4. The monoisotopic (exact) mass is 273 g/mol. The summed E-state index contributed by atoms with van der Waals surface area (Å²) >= 11 is 9.15. The highest BCUT2D eigenvalue weighted by atomic mass is 79.9. The molecule has 1 N–H and O–H groups in total. The maximum absolute atomic E-state index is 5.88. The Hall–Kier alpha value is -1.01. The molecular weight excluding hydrogens is 269 g/mol. The molecule has 0 amide bonds. The third-order valence-corrected chi connectivity index (χ3v) is 3.05. The third-order valence-electron chi connectivity index (χ3n) is 1.60. The van der Waals surface area contributed by atoms with Gasteiger partial charge in [0.25, 0.3) is 0 Å². The van der Waals surface area contributed by atoms with Crippen LogP contribution in [0, 0.1) is 6.92 Å². The molecule has 0 bridgehead atoms. The van der Waals surface area contributed by atoms with Gasteiger partial charge in [-0.25, -0.2) is 15.0 Å². The second kappa shape index (κ2) is 3.62. The van der Waals surface area contributed by atoms with Crippen LogP contribution in [0.4, 0.5) is 0 Å². The van der Waals surface area contributed by atoms with Gasteiger partial charge < -0.3 is 0 Å². The summed E-state index contributed by atoms with van der Waals surface area (Å²) in [7, 11) is 0. The number of nitrogens with zero attached hydrogens (tertiary/aromatic N) is 4. The van der Waals surface area contributed by atoms with Crippen LogP contribution < -0.4 is 0 Å². The third kappa shape index (κ3) is 1.62. The molecule has 5 nitrogen and oxygen atoms in total. The highest BCUT2D eigenvalue weighted by Gasteiger charge is 2.10. The van der Waals surface area contributed by atoms with Crippen LogP contribution in [-0.2, 0) is 0 Å². The maximum Gasteiger partial charge on any atom is 0.198 e. The Morgan fingerprint density at radius 2 is 2.21 bits per heavy atom. The fraction of sp³-hybridized carbons (Fsp3) is 0.143. The molecule has 0 aliphatic heterocycles. The van der Waals surface area contributed by atoms with E-state index in [1.165, 1.54) is 6.33 Å². The first kappa shape index (κ1) is 9.54. The van der Waals surface area contributed by atoms with Gasteiger partial charge in [-0.15, -0.1) is 0 Å². The molecule has 0 aliphatic rings. The molecule has 14 heavy (non-hydrogen) atoms. The summed E-state index contributed by atoms with van der Waals surface area (Å²) in [6.07, 6.45) is 1.39. The molecule has 2 heterocycles. The first-order valence-electron chi connectivity index (χ1n) is 3.74. The minimum Gasteiger partial charge on any atom is -0.257 e. The van der Waals surface area contributed by atoms with E-state index in [9.17, 15) is 0 Å². The van der Waals surface area contributed by atoms with E-state index in [0.717, 1.165) is 5.69 Å². The largest absolute Gasteiger partial charge is 0.257 e. The quantitative estimate of drug-likeness (QED) is 0.808. The first-order valence-corrected chi connectivity index (χ1v) is 4.91. The van der Waals surface area contributed by atoms with Crippen molar-refractivity contribution < 1.29 is 0 Å². The maximum atomic E-state index is 5.88. The van der Waals surface area contributed by atoms with Gasteiger partial charge in [-0.05, 0) is 22.9 Å². The summed E-state index contributed by atoms with van der Waals surface area (Å²) in [5.74, 6) is 0.940. The van der Waals surface area contributed by atoms with Crippen molar-refractivity contribution in [3.63, 3.8) is 0 Å². The van der Waals surface area contributed by atoms with Crippen LogP contribution >= 0.6 is 27.5 Å². The molecule has 2 aromatic heterocycles. The van der Waals surface area contributed by atoms with Crippen LogP contribution in [-0.4, -0.2) is 25.1 Å². The van der Waals surface area contributed by atoms with Crippen molar-refractivity contribution in [2.75, 3.05) is 0 Å². The van der Waals surface area contributed by atoms with Gasteiger partial charge in [-0.2, -0.15) is 5.10 Å². The smallest absolute Gasteiger partial charge is 0.198 e. The number of aromatic amines is 1. The Morgan fingerprint density at radius 3 is 2.79 bits per heavy atom. The van der Waals surface area contributed by atoms with Crippen molar-refractivity contribution in [1.82, 2.24) is 25.1 Å². The number of aryl methyl sites for hydroxylation is 1. The predicted octanol–water partition coefficient (Wildman–Crippen LogP) is 1.99. The van der Waals surface area contributed by atoms with Gasteiger partial charge in [0.2, 0.25) is 0 Å². The van der Waals surface area contributed by atoms with Crippen LogP contribution in [0.3, 0.4) is 0 Å². The van der Waals surface area contributed by atoms with Crippen molar-refractivity contribution in [2.24, 2.45) is 0 Å². The van der Waals surface area contributed by atoms with E-state index in [4.69, 9.17) is 11.6 Å². The minimum atomic E-state index is 0.365. The van der Waals surface area contributed by atoms with Gasteiger partial charge in [-0.1, -0.05) is 11.6 Å². The lowest BCUT2D eigenvalue weighted by Gasteiger charge is -2.01. The molecule has 0 aliphatic carbocycles. The van der Waals surface area contributed by atoms with Gasteiger partial charge in [0.1, 0.15) is 11.5 Å². The van der Waals surface area contributed by atoms with E-state index in [2.05, 4.69) is 41.1 Å². The highest BCUT2D eigenvalue weighted by Crippen LogP contribution is 2.24. The summed E-state index contributed by atoms with van der Waals surface area (Å²) in [6, 6.07) is 0. The van der Waals surface area contributed by atoms with Crippen LogP contribution in [0.15, 0.2) is 10.8 Å². The van der Waals surface area contributed by atoms with Crippen LogP contribution in [0.25, 0.3) is 11.6 Å². The number of hydrogen-bond acceptors (Lipinski definition) is 4. The summed E-state index contributed by atoms with van der Waals surface area (Å²) in [5, 5.41) is 6.74. The zero-order valence-corrected chi connectivity index (χ0v) is 9.46. The van der Waals surface area contributed by atoms with Gasteiger partial charge in [-0.3, -0.25) is 5.10 Å². The number of hydrogen-bond donors (Lipinski definition) is 1. The Morgan fingerprint density at radius 1 is 1.43 bits per heavy atom. The second-order valence-electron chi connectivity index (χ2n) is 2.57. The van der Waals surface area contributed by atoms with E-state index >= 15 is 0 Å². The number of rotatable bonds is 1. The van der Waals surface area contributed by atoms with Gasteiger partial charge in [0, 0.05) is 0 Å². The van der Waals surface area contributed by atoms with E-state index in [1.807, 2.05) is 6.92 Å². The Balaban J connectivity index is 2.57. The van der Waals surface area contributed by atoms with Crippen molar-refractivity contribution in [3.05, 3.63) is 21.6 Å². The van der Waals surface area contributed by atoms with Gasteiger partial charge in [0.15, 0.2) is 11.6 Å². The Bertz CT molecular complexity index is 432. The molecule has 0 saturated carbocycles. The zero-order chi connectivity index (χ0) is 10.1. The van der Waals surface area contributed by atoms with E-state index < -0.39 is 0 Å². The van der Waals surface area contributed by atoms with Crippen molar-refractivity contribution >= 4 is 27.5 Å². The summed E-state index contributed by atoms with van der Waals surface area (Å²) in [5.41, 5.74) is 0.761. The van der Waals surface area contributed by atoms with Crippen LogP contribution in [0.5, 0.6) is 0 Å². The van der Waals surface area contributed by atoms with Crippen molar-refractivity contribution in [2.45, 2.75) is 6.92 Å². The number of aromatic nitrogens is 5. The van der Waals surface area contributed by atoms with Crippen molar-refractivity contribution in [3.8, 4) is 11.6 Å². The summed E-state index contributed by atoms with van der Waals surface area (Å²) < 4.78 is 0.697. The molecular formula is C7H5BrClN5. The highest BCUT2D eigenvalue weighted by molar-refractivity contribution is 9.10. The molecule has 0 fully saturated rings. The first-order chi connectivity index (χ1) is 6.68. The van der Waals surface area contributed by atoms with Crippen LogP contribution in [0.2, 0.25) is 5.15 Å². The molecule has 7 heteroatoms. The molecule has 72 valence electrons. The predicted molar refractivity (Wildman–Crippen MR) is 54.9 cm³/mol. The molecule has 0 atom stereocenters. The zero-order valence-electron chi connectivity index (χ0n) is 7.12.